The fourth-order valence-corrected chi connectivity index (χ4v) is 2.64. The Morgan fingerprint density at radius 1 is 0.684 bits per heavy atom. The number of nitrogens with zero attached hydrogens (tertiary/aromatic N) is 1. The third-order valence-corrected chi connectivity index (χ3v) is 3.61. The van der Waals surface area contributed by atoms with Gasteiger partial charge >= 0.3 is 0 Å². The van der Waals surface area contributed by atoms with Gasteiger partial charge in [-0.2, -0.15) is 0 Å². The smallest absolute Gasteiger partial charge is 0.0534 e. The third-order valence-electron chi connectivity index (χ3n) is 3.61. The van der Waals surface area contributed by atoms with Gasteiger partial charge in [-0.15, -0.1) is 0 Å². The van der Waals surface area contributed by atoms with Crippen molar-refractivity contribution in [2.24, 2.45) is 0 Å². The molecule has 0 unspecified atom stereocenters. The molecule has 0 spiro atoms. The molecule has 19 heavy (non-hydrogen) atoms. The van der Waals surface area contributed by atoms with Crippen LogP contribution in [-0.2, 0) is 0 Å². The number of hydrogen-bond acceptors (Lipinski definition) is 0. The fraction of sp³-hybridized carbons (Fsp3) is 0. The van der Waals surface area contributed by atoms with Gasteiger partial charge in [-0.1, -0.05) is 54.6 Å². The molecular weight excluding hydrogens is 230 g/mol. The van der Waals surface area contributed by atoms with Crippen LogP contribution < -0.4 is 0 Å². The lowest BCUT2D eigenvalue weighted by molar-refractivity contribution is 1.21. The number of aromatic nitrogens is 1. The lowest BCUT2D eigenvalue weighted by Gasteiger charge is -2.00. The molecule has 0 bridgehead atoms. The highest BCUT2D eigenvalue weighted by atomic mass is 14.9. The van der Waals surface area contributed by atoms with Gasteiger partial charge in [-0.25, -0.2) is 0 Å². The molecule has 0 aliphatic carbocycles. The van der Waals surface area contributed by atoms with Crippen molar-refractivity contribution in [3.63, 3.8) is 0 Å². The van der Waals surface area contributed by atoms with Crippen molar-refractivity contribution in [2.45, 2.75) is 0 Å². The molecule has 0 saturated carbocycles. The number of rotatable bonds is 1. The van der Waals surface area contributed by atoms with Crippen LogP contribution in [0, 0.1) is 0 Å². The Bertz CT molecular complexity index is 857. The van der Waals surface area contributed by atoms with Crippen molar-refractivity contribution in [1.82, 2.24) is 4.40 Å². The van der Waals surface area contributed by atoms with E-state index in [-0.39, 0.29) is 0 Å². The second-order valence-corrected chi connectivity index (χ2v) is 4.79. The molecule has 0 N–H and O–H groups in total. The summed E-state index contributed by atoms with van der Waals surface area (Å²) >= 11 is 0. The van der Waals surface area contributed by atoms with E-state index in [1.807, 2.05) is 0 Å². The van der Waals surface area contributed by atoms with Gasteiger partial charge < -0.3 is 4.40 Å². The summed E-state index contributed by atoms with van der Waals surface area (Å²) in [6.45, 7) is 0. The van der Waals surface area contributed by atoms with E-state index in [9.17, 15) is 0 Å². The second-order valence-electron chi connectivity index (χ2n) is 4.79. The topological polar surface area (TPSA) is 4.41 Å². The molecule has 0 saturated heterocycles. The first-order chi connectivity index (χ1) is 9.42. The van der Waals surface area contributed by atoms with E-state index in [0.717, 1.165) is 0 Å². The third kappa shape index (κ3) is 1.63. The summed E-state index contributed by atoms with van der Waals surface area (Å²) in [5.74, 6) is 0. The zero-order valence-electron chi connectivity index (χ0n) is 10.5. The van der Waals surface area contributed by atoms with E-state index in [2.05, 4.69) is 83.5 Å². The van der Waals surface area contributed by atoms with Crippen LogP contribution in [0.5, 0.6) is 0 Å². The minimum absolute atomic E-state index is 1.26. The molecule has 0 radical (unpaired) electrons. The van der Waals surface area contributed by atoms with E-state index in [1.165, 1.54) is 27.4 Å². The number of pyridine rings is 1. The van der Waals surface area contributed by atoms with Gasteiger partial charge in [0, 0.05) is 23.3 Å². The van der Waals surface area contributed by atoms with Gasteiger partial charge in [0.2, 0.25) is 0 Å². The minimum Gasteiger partial charge on any atom is -0.323 e. The number of benzene rings is 2. The summed E-state index contributed by atoms with van der Waals surface area (Å²) in [5.41, 5.74) is 3.78. The summed E-state index contributed by atoms with van der Waals surface area (Å²) in [6.07, 6.45) is 4.32. The van der Waals surface area contributed by atoms with Gasteiger partial charge in [0.1, 0.15) is 0 Å². The van der Waals surface area contributed by atoms with Crippen LogP contribution in [0.1, 0.15) is 0 Å². The Hall–Kier alpha value is -2.54. The van der Waals surface area contributed by atoms with Crippen molar-refractivity contribution in [1.29, 1.82) is 0 Å². The van der Waals surface area contributed by atoms with E-state index in [1.54, 1.807) is 0 Å². The standard InChI is InChI=1S/C18H13N/c1-2-6-14(7-3-1)16-12-18-17-9-5-4-8-15(17)10-11-19(18)13-16/h1-13H. The molecule has 4 aromatic rings. The number of fused-ring (bicyclic) bond motifs is 3. The normalized spacial score (nSPS) is 11.2. The summed E-state index contributed by atoms with van der Waals surface area (Å²) < 4.78 is 2.20. The zero-order valence-corrected chi connectivity index (χ0v) is 10.5. The second kappa shape index (κ2) is 3.99. The molecule has 2 heterocycles. The van der Waals surface area contributed by atoms with E-state index in [0.29, 0.717) is 0 Å². The average molecular weight is 243 g/mol. The molecule has 2 aromatic heterocycles. The Labute approximate surface area is 111 Å². The summed E-state index contributed by atoms with van der Waals surface area (Å²) in [6, 6.07) is 23.4. The monoisotopic (exact) mass is 243 g/mol. The maximum absolute atomic E-state index is 2.26. The first-order valence-corrected chi connectivity index (χ1v) is 6.47. The Morgan fingerprint density at radius 2 is 1.47 bits per heavy atom. The highest BCUT2D eigenvalue weighted by molar-refractivity contribution is 5.97. The minimum atomic E-state index is 1.26. The van der Waals surface area contributed by atoms with Crippen molar-refractivity contribution in [2.75, 3.05) is 0 Å². The summed E-state index contributed by atoms with van der Waals surface area (Å²) in [7, 11) is 0. The van der Waals surface area contributed by atoms with Crippen LogP contribution in [0.2, 0.25) is 0 Å². The lowest BCUT2D eigenvalue weighted by atomic mass is 10.1. The molecule has 4 rings (SSSR count). The van der Waals surface area contributed by atoms with Gasteiger partial charge in [0.05, 0.1) is 5.52 Å². The maximum atomic E-state index is 2.26. The Morgan fingerprint density at radius 3 is 2.37 bits per heavy atom. The summed E-state index contributed by atoms with van der Waals surface area (Å²) in [4.78, 5) is 0. The molecular formula is C18H13N. The molecule has 0 atom stereocenters. The zero-order chi connectivity index (χ0) is 12.7. The maximum Gasteiger partial charge on any atom is 0.0534 e. The Balaban J connectivity index is 2.04. The molecule has 90 valence electrons. The quantitative estimate of drug-likeness (QED) is 0.454. The predicted molar refractivity (Wildman–Crippen MR) is 80.3 cm³/mol. The van der Waals surface area contributed by atoms with Crippen molar-refractivity contribution < 1.29 is 0 Å². The van der Waals surface area contributed by atoms with E-state index in [4.69, 9.17) is 0 Å². The highest BCUT2D eigenvalue weighted by Crippen LogP contribution is 2.27. The lowest BCUT2D eigenvalue weighted by Crippen LogP contribution is -1.81. The highest BCUT2D eigenvalue weighted by Gasteiger charge is 2.04. The number of hydrogen-bond donors (Lipinski definition) is 0. The van der Waals surface area contributed by atoms with Crippen LogP contribution in [0.4, 0.5) is 0 Å². The Kier molecular flexibility index (Phi) is 2.18. The van der Waals surface area contributed by atoms with Gasteiger partial charge in [0.25, 0.3) is 0 Å². The molecule has 2 aromatic carbocycles. The van der Waals surface area contributed by atoms with E-state index < -0.39 is 0 Å². The van der Waals surface area contributed by atoms with Crippen LogP contribution in [-0.4, -0.2) is 4.40 Å². The van der Waals surface area contributed by atoms with Crippen LogP contribution in [0.15, 0.2) is 79.1 Å². The molecule has 1 heteroatoms. The van der Waals surface area contributed by atoms with Crippen molar-refractivity contribution in [3.05, 3.63) is 79.1 Å². The van der Waals surface area contributed by atoms with Crippen LogP contribution in [0.25, 0.3) is 27.4 Å². The largest absolute Gasteiger partial charge is 0.323 e. The van der Waals surface area contributed by atoms with Gasteiger partial charge in [0.15, 0.2) is 0 Å². The van der Waals surface area contributed by atoms with Crippen LogP contribution >= 0.6 is 0 Å². The fourth-order valence-electron chi connectivity index (χ4n) is 2.64. The predicted octanol–water partition coefficient (Wildman–Crippen LogP) is 4.76. The van der Waals surface area contributed by atoms with Crippen LogP contribution in [0.3, 0.4) is 0 Å². The first kappa shape index (κ1) is 10.4. The average Bonchev–Trinajstić information content (AvgIpc) is 2.93. The molecule has 0 fully saturated rings. The van der Waals surface area contributed by atoms with Gasteiger partial charge in [-0.3, -0.25) is 0 Å². The van der Waals surface area contributed by atoms with Crippen molar-refractivity contribution >= 4 is 16.3 Å². The van der Waals surface area contributed by atoms with Gasteiger partial charge in [-0.05, 0) is 23.1 Å². The summed E-state index contributed by atoms with van der Waals surface area (Å²) in [5, 5.41) is 2.58. The van der Waals surface area contributed by atoms with Crippen molar-refractivity contribution in [3.8, 4) is 11.1 Å². The first-order valence-electron chi connectivity index (χ1n) is 6.47. The molecule has 0 aliphatic heterocycles. The van der Waals surface area contributed by atoms with E-state index >= 15 is 0 Å². The molecule has 0 amide bonds. The molecule has 1 nitrogen and oxygen atoms in total. The molecule has 0 aliphatic rings. The SMILES string of the molecule is c1ccc(-c2cc3c4ccccc4ccn3c2)cc1.